The number of ether oxygens (including phenoxy) is 2. The number of nitrogens with zero attached hydrogens (tertiary/aromatic N) is 2. The van der Waals surface area contributed by atoms with Crippen LogP contribution in [0.1, 0.15) is 25.0 Å². The number of hydrogen-bond donors (Lipinski definition) is 1. The smallest absolute Gasteiger partial charge is 0.131 e. The van der Waals surface area contributed by atoms with Crippen LogP contribution in [0.25, 0.3) is 0 Å². The molecule has 2 atom stereocenters. The van der Waals surface area contributed by atoms with Crippen molar-refractivity contribution in [2.24, 2.45) is 5.73 Å². The van der Waals surface area contributed by atoms with E-state index in [1.807, 2.05) is 13.1 Å². The molecule has 0 aliphatic rings. The van der Waals surface area contributed by atoms with Crippen LogP contribution in [0.15, 0.2) is 12.3 Å². The fraction of sp³-hybridized carbons (Fsp3) is 0.688. The van der Waals surface area contributed by atoms with E-state index in [2.05, 4.69) is 29.8 Å². The maximum absolute atomic E-state index is 5.85. The largest absolute Gasteiger partial charge is 0.383 e. The third kappa shape index (κ3) is 5.61. The topological polar surface area (TPSA) is 60.6 Å². The molecule has 1 aromatic rings. The number of nitrogens with two attached hydrogens (primary N) is 1. The predicted molar refractivity (Wildman–Crippen MR) is 86.9 cm³/mol. The molecule has 5 nitrogen and oxygen atoms in total. The van der Waals surface area contributed by atoms with E-state index in [9.17, 15) is 0 Å². The summed E-state index contributed by atoms with van der Waals surface area (Å²) in [6, 6.07) is 2.56. The quantitative estimate of drug-likeness (QED) is 0.752. The molecule has 0 saturated carbocycles. The molecule has 1 heterocycles. The number of pyridine rings is 1. The van der Waals surface area contributed by atoms with E-state index in [0.717, 1.165) is 24.3 Å². The zero-order chi connectivity index (χ0) is 15.8. The normalized spacial score (nSPS) is 14.0. The lowest BCUT2D eigenvalue weighted by atomic mass is 10.1. The molecule has 0 aromatic carbocycles. The molecule has 0 amide bonds. The minimum atomic E-state index is 0.147. The Morgan fingerprint density at radius 2 is 2.00 bits per heavy atom. The van der Waals surface area contributed by atoms with Gasteiger partial charge in [-0.2, -0.15) is 0 Å². The molecule has 2 N–H and O–H groups in total. The van der Waals surface area contributed by atoms with E-state index < -0.39 is 0 Å². The zero-order valence-electron chi connectivity index (χ0n) is 13.9. The van der Waals surface area contributed by atoms with Gasteiger partial charge in [-0.1, -0.05) is 6.07 Å². The van der Waals surface area contributed by atoms with Crippen molar-refractivity contribution in [2.45, 2.75) is 39.3 Å². The maximum atomic E-state index is 5.85. The molecule has 2 unspecified atom stereocenters. The van der Waals surface area contributed by atoms with Gasteiger partial charge in [0.05, 0.1) is 19.3 Å². The van der Waals surface area contributed by atoms with E-state index in [0.29, 0.717) is 13.2 Å². The Kier molecular flexibility index (Phi) is 7.64. The molecule has 5 heteroatoms. The van der Waals surface area contributed by atoms with Crippen LogP contribution in [0.4, 0.5) is 5.82 Å². The molecule has 0 saturated heterocycles. The third-order valence-corrected chi connectivity index (χ3v) is 3.41. The van der Waals surface area contributed by atoms with E-state index in [1.54, 1.807) is 14.2 Å². The summed E-state index contributed by atoms with van der Waals surface area (Å²) >= 11 is 0. The highest BCUT2D eigenvalue weighted by atomic mass is 16.5. The van der Waals surface area contributed by atoms with Crippen molar-refractivity contribution < 1.29 is 9.47 Å². The Morgan fingerprint density at radius 3 is 2.52 bits per heavy atom. The van der Waals surface area contributed by atoms with E-state index >= 15 is 0 Å². The van der Waals surface area contributed by atoms with Crippen LogP contribution in [0.5, 0.6) is 0 Å². The van der Waals surface area contributed by atoms with Gasteiger partial charge in [0.25, 0.3) is 0 Å². The molecular weight excluding hydrogens is 266 g/mol. The maximum Gasteiger partial charge on any atom is 0.131 e. The van der Waals surface area contributed by atoms with Crippen LogP contribution in [-0.4, -0.2) is 51.0 Å². The van der Waals surface area contributed by atoms with Crippen molar-refractivity contribution >= 4 is 5.82 Å². The lowest BCUT2D eigenvalue weighted by Crippen LogP contribution is -2.39. The number of hydrogen-bond acceptors (Lipinski definition) is 5. The molecule has 0 spiro atoms. The first kappa shape index (κ1) is 17.9. The Bertz CT molecular complexity index is 424. The molecule has 0 radical (unpaired) electrons. The van der Waals surface area contributed by atoms with Crippen LogP contribution in [-0.2, 0) is 15.9 Å². The monoisotopic (exact) mass is 295 g/mol. The highest BCUT2D eigenvalue weighted by Crippen LogP contribution is 2.21. The van der Waals surface area contributed by atoms with Crippen LogP contribution in [0.3, 0.4) is 0 Å². The molecule has 1 rings (SSSR count). The summed E-state index contributed by atoms with van der Waals surface area (Å²) in [5.41, 5.74) is 8.19. The molecule has 0 aliphatic carbocycles. The average molecular weight is 295 g/mol. The van der Waals surface area contributed by atoms with Gasteiger partial charge in [0.1, 0.15) is 5.82 Å². The van der Waals surface area contributed by atoms with Gasteiger partial charge in [0, 0.05) is 33.0 Å². The highest BCUT2D eigenvalue weighted by Gasteiger charge is 2.18. The number of aromatic nitrogens is 1. The van der Waals surface area contributed by atoms with Crippen molar-refractivity contribution in [3.8, 4) is 0 Å². The van der Waals surface area contributed by atoms with Gasteiger partial charge in [-0.05, 0) is 38.3 Å². The van der Waals surface area contributed by atoms with Crippen molar-refractivity contribution in [3.63, 3.8) is 0 Å². The molecule has 1 aromatic heterocycles. The van der Waals surface area contributed by atoms with E-state index in [-0.39, 0.29) is 12.1 Å². The predicted octanol–water partition coefficient (Wildman–Crippen LogP) is 1.77. The second-order valence-electron chi connectivity index (χ2n) is 5.66. The minimum Gasteiger partial charge on any atom is -0.383 e. The van der Waals surface area contributed by atoms with Crippen LogP contribution < -0.4 is 10.6 Å². The lowest BCUT2D eigenvalue weighted by Gasteiger charge is -2.31. The Balaban J connectivity index is 2.95. The fourth-order valence-electron chi connectivity index (χ4n) is 2.47. The number of rotatable bonds is 9. The summed E-state index contributed by atoms with van der Waals surface area (Å²) in [7, 11) is 3.43. The molecule has 120 valence electrons. The first-order valence-electron chi connectivity index (χ1n) is 7.45. The summed E-state index contributed by atoms with van der Waals surface area (Å²) in [6.07, 6.45) is 2.77. The second-order valence-corrected chi connectivity index (χ2v) is 5.66. The summed E-state index contributed by atoms with van der Waals surface area (Å²) in [6.45, 7) is 8.35. The van der Waals surface area contributed by atoms with Crippen LogP contribution in [0, 0.1) is 6.92 Å². The highest BCUT2D eigenvalue weighted by molar-refractivity contribution is 5.48. The van der Waals surface area contributed by atoms with E-state index in [4.69, 9.17) is 15.2 Å². The van der Waals surface area contributed by atoms with Crippen molar-refractivity contribution in [3.05, 3.63) is 23.4 Å². The molecule has 0 bridgehead atoms. The fourth-order valence-corrected chi connectivity index (χ4v) is 2.47. The molecule has 0 aliphatic heterocycles. The standard InChI is InChI=1S/C16H29N3O2/c1-12-8-15(9-13(2)17)10-18-16(12)19(6-7-20-4)14(3)11-21-5/h8,10,13-14H,6-7,9,11,17H2,1-5H3. The minimum absolute atomic E-state index is 0.147. The van der Waals surface area contributed by atoms with Crippen LogP contribution >= 0.6 is 0 Å². The van der Waals surface area contributed by atoms with Crippen molar-refractivity contribution in [1.82, 2.24) is 4.98 Å². The molecule has 0 fully saturated rings. The third-order valence-electron chi connectivity index (χ3n) is 3.41. The van der Waals surface area contributed by atoms with Gasteiger partial charge in [0.2, 0.25) is 0 Å². The van der Waals surface area contributed by atoms with Gasteiger partial charge in [-0.3, -0.25) is 0 Å². The first-order valence-corrected chi connectivity index (χ1v) is 7.45. The number of methoxy groups -OCH3 is 2. The van der Waals surface area contributed by atoms with Gasteiger partial charge < -0.3 is 20.1 Å². The second kappa shape index (κ2) is 8.97. The number of aryl methyl sites for hydroxylation is 1. The van der Waals surface area contributed by atoms with E-state index in [1.165, 1.54) is 5.56 Å². The Labute approximate surface area is 128 Å². The average Bonchev–Trinajstić information content (AvgIpc) is 2.40. The first-order chi connectivity index (χ1) is 9.99. The lowest BCUT2D eigenvalue weighted by molar-refractivity contribution is 0.170. The van der Waals surface area contributed by atoms with Crippen molar-refractivity contribution in [1.29, 1.82) is 0 Å². The Morgan fingerprint density at radius 1 is 1.29 bits per heavy atom. The van der Waals surface area contributed by atoms with Gasteiger partial charge >= 0.3 is 0 Å². The van der Waals surface area contributed by atoms with Gasteiger partial charge in [0.15, 0.2) is 0 Å². The molecular formula is C16H29N3O2. The Hall–Kier alpha value is -1.17. The van der Waals surface area contributed by atoms with Gasteiger partial charge in [-0.25, -0.2) is 4.98 Å². The van der Waals surface area contributed by atoms with Gasteiger partial charge in [-0.15, -0.1) is 0 Å². The summed E-state index contributed by atoms with van der Waals surface area (Å²) < 4.78 is 10.5. The summed E-state index contributed by atoms with van der Waals surface area (Å²) in [4.78, 5) is 6.88. The SMILES string of the molecule is COCCN(c1ncc(CC(C)N)cc1C)C(C)COC. The van der Waals surface area contributed by atoms with Crippen LogP contribution in [0.2, 0.25) is 0 Å². The molecule has 21 heavy (non-hydrogen) atoms. The summed E-state index contributed by atoms with van der Waals surface area (Å²) in [5, 5.41) is 0. The summed E-state index contributed by atoms with van der Waals surface area (Å²) in [5.74, 6) is 0.991. The zero-order valence-corrected chi connectivity index (χ0v) is 13.9. The van der Waals surface area contributed by atoms with Crippen molar-refractivity contribution in [2.75, 3.05) is 38.9 Å². The number of anilines is 1.